The molecule has 1 aliphatic heterocycles. The van der Waals surface area contributed by atoms with Crippen molar-refractivity contribution in [2.24, 2.45) is 5.92 Å². The van der Waals surface area contributed by atoms with Crippen molar-refractivity contribution >= 4 is 12.0 Å². The molecule has 0 saturated carbocycles. The van der Waals surface area contributed by atoms with Gasteiger partial charge in [0.05, 0.1) is 6.10 Å². The molecular formula is C6H12OS. The monoisotopic (exact) mass is 132 g/mol. The Morgan fingerprint density at radius 3 is 2.62 bits per heavy atom. The Hall–Kier alpha value is 0.310. The van der Waals surface area contributed by atoms with Gasteiger partial charge in [-0.2, -0.15) is 0 Å². The molecule has 1 heterocycles. The minimum atomic E-state index is 0.476. The maximum atomic E-state index is 5.26. The van der Waals surface area contributed by atoms with Gasteiger partial charge in [0.2, 0.25) is 0 Å². The molecule has 8 heavy (non-hydrogen) atoms. The molecule has 1 nitrogen and oxygen atoms in total. The van der Waals surface area contributed by atoms with Crippen LogP contribution in [0.25, 0.3) is 0 Å². The molecule has 1 aliphatic rings. The van der Waals surface area contributed by atoms with E-state index in [1.54, 1.807) is 12.0 Å². The van der Waals surface area contributed by atoms with Crippen LogP contribution in [-0.2, 0) is 4.18 Å². The molecule has 2 atom stereocenters. The van der Waals surface area contributed by atoms with Gasteiger partial charge in [0, 0.05) is 5.75 Å². The molecule has 2 heteroatoms. The number of hydrogen-bond acceptors (Lipinski definition) is 2. The SMILES string of the molecule is CC1CSOC(C)C1. The van der Waals surface area contributed by atoms with Gasteiger partial charge in [-0.3, -0.25) is 0 Å². The first kappa shape index (κ1) is 6.43. The quantitative estimate of drug-likeness (QED) is 0.467. The summed E-state index contributed by atoms with van der Waals surface area (Å²) in [6.45, 7) is 4.40. The van der Waals surface area contributed by atoms with E-state index in [2.05, 4.69) is 13.8 Å². The van der Waals surface area contributed by atoms with Crippen molar-refractivity contribution < 1.29 is 4.18 Å². The largest absolute Gasteiger partial charge is 0.312 e. The van der Waals surface area contributed by atoms with E-state index in [9.17, 15) is 0 Å². The van der Waals surface area contributed by atoms with Crippen LogP contribution in [-0.4, -0.2) is 11.9 Å². The Kier molecular flexibility index (Phi) is 2.20. The van der Waals surface area contributed by atoms with Crippen molar-refractivity contribution in [1.29, 1.82) is 0 Å². The third-order valence-corrected chi connectivity index (χ3v) is 2.49. The van der Waals surface area contributed by atoms with Crippen LogP contribution < -0.4 is 0 Å². The Labute approximate surface area is 55.0 Å². The van der Waals surface area contributed by atoms with Crippen LogP contribution in [0.5, 0.6) is 0 Å². The Morgan fingerprint density at radius 2 is 2.25 bits per heavy atom. The summed E-state index contributed by atoms with van der Waals surface area (Å²) in [6, 6.07) is 0. The highest BCUT2D eigenvalue weighted by Gasteiger charge is 2.15. The topological polar surface area (TPSA) is 9.23 Å². The normalized spacial score (nSPS) is 39.8. The highest BCUT2D eigenvalue weighted by Crippen LogP contribution is 2.24. The molecule has 0 bridgehead atoms. The molecule has 0 amide bonds. The predicted molar refractivity (Wildman–Crippen MR) is 36.8 cm³/mol. The maximum absolute atomic E-state index is 5.26. The smallest absolute Gasteiger partial charge is 0.0697 e. The van der Waals surface area contributed by atoms with Gasteiger partial charge in [0.1, 0.15) is 0 Å². The Balaban J connectivity index is 2.23. The van der Waals surface area contributed by atoms with Crippen LogP contribution >= 0.6 is 12.0 Å². The van der Waals surface area contributed by atoms with Crippen molar-refractivity contribution in [2.75, 3.05) is 5.75 Å². The molecule has 0 aromatic rings. The van der Waals surface area contributed by atoms with E-state index >= 15 is 0 Å². The second kappa shape index (κ2) is 2.74. The second-order valence-corrected chi connectivity index (χ2v) is 3.29. The summed E-state index contributed by atoms with van der Waals surface area (Å²) in [6.07, 6.45) is 1.70. The van der Waals surface area contributed by atoms with Gasteiger partial charge in [-0.1, -0.05) is 6.92 Å². The van der Waals surface area contributed by atoms with Gasteiger partial charge >= 0.3 is 0 Å². The zero-order valence-electron chi connectivity index (χ0n) is 5.39. The van der Waals surface area contributed by atoms with E-state index in [4.69, 9.17) is 4.18 Å². The highest BCUT2D eigenvalue weighted by molar-refractivity contribution is 7.94. The predicted octanol–water partition coefficient (Wildman–Crippen LogP) is 2.08. The number of hydrogen-bond donors (Lipinski definition) is 0. The number of rotatable bonds is 0. The van der Waals surface area contributed by atoms with Crippen LogP contribution in [0.1, 0.15) is 20.3 Å². The molecule has 0 N–H and O–H groups in total. The lowest BCUT2D eigenvalue weighted by Gasteiger charge is -2.22. The van der Waals surface area contributed by atoms with E-state index in [0.717, 1.165) is 5.92 Å². The molecule has 1 saturated heterocycles. The lowest BCUT2D eigenvalue weighted by molar-refractivity contribution is 0.211. The first-order valence-corrected chi connectivity index (χ1v) is 3.98. The van der Waals surface area contributed by atoms with Gasteiger partial charge in [-0.25, -0.2) is 0 Å². The average Bonchev–Trinajstić information content (AvgIpc) is 1.64. The van der Waals surface area contributed by atoms with Gasteiger partial charge in [-0.15, -0.1) is 0 Å². The van der Waals surface area contributed by atoms with Crippen molar-refractivity contribution in [3.63, 3.8) is 0 Å². The van der Waals surface area contributed by atoms with Crippen LogP contribution in [0.3, 0.4) is 0 Å². The molecule has 0 aliphatic carbocycles. The van der Waals surface area contributed by atoms with Crippen molar-refractivity contribution in [3.05, 3.63) is 0 Å². The molecule has 1 rings (SSSR count). The van der Waals surface area contributed by atoms with Gasteiger partial charge in [0.15, 0.2) is 0 Å². The molecular weight excluding hydrogens is 120 g/mol. The standard InChI is InChI=1S/C6H12OS/c1-5-3-6(2)7-8-4-5/h5-6H,3-4H2,1-2H3. The van der Waals surface area contributed by atoms with Gasteiger partial charge in [0.25, 0.3) is 0 Å². The molecule has 0 aromatic heterocycles. The van der Waals surface area contributed by atoms with E-state index in [1.165, 1.54) is 12.2 Å². The van der Waals surface area contributed by atoms with Crippen molar-refractivity contribution in [1.82, 2.24) is 0 Å². The van der Waals surface area contributed by atoms with Crippen LogP contribution in [0.15, 0.2) is 0 Å². The Bertz CT molecular complexity index is 66.9. The van der Waals surface area contributed by atoms with Gasteiger partial charge < -0.3 is 4.18 Å². The first-order valence-electron chi connectivity index (χ1n) is 3.07. The third-order valence-electron chi connectivity index (χ3n) is 1.32. The summed E-state index contributed by atoms with van der Waals surface area (Å²) in [5.41, 5.74) is 0. The van der Waals surface area contributed by atoms with Crippen LogP contribution in [0.2, 0.25) is 0 Å². The molecule has 1 fully saturated rings. The fraction of sp³-hybridized carbons (Fsp3) is 1.00. The molecule has 0 radical (unpaired) electrons. The second-order valence-electron chi connectivity index (χ2n) is 2.53. The molecule has 2 unspecified atom stereocenters. The fourth-order valence-electron chi connectivity index (χ4n) is 0.946. The van der Waals surface area contributed by atoms with Crippen LogP contribution in [0.4, 0.5) is 0 Å². The summed E-state index contributed by atoms with van der Waals surface area (Å²) in [5, 5.41) is 0. The van der Waals surface area contributed by atoms with E-state index in [1.807, 2.05) is 0 Å². The van der Waals surface area contributed by atoms with E-state index in [0.29, 0.717) is 6.10 Å². The molecule has 0 spiro atoms. The van der Waals surface area contributed by atoms with Crippen LogP contribution in [0, 0.1) is 5.92 Å². The lowest BCUT2D eigenvalue weighted by atomic mass is 10.1. The summed E-state index contributed by atoms with van der Waals surface area (Å²) in [4.78, 5) is 0. The van der Waals surface area contributed by atoms with Gasteiger partial charge in [-0.05, 0) is 31.3 Å². The minimum Gasteiger partial charge on any atom is -0.312 e. The van der Waals surface area contributed by atoms with E-state index < -0.39 is 0 Å². The summed E-state index contributed by atoms with van der Waals surface area (Å²) < 4.78 is 5.26. The van der Waals surface area contributed by atoms with E-state index in [-0.39, 0.29) is 0 Å². The van der Waals surface area contributed by atoms with Crippen molar-refractivity contribution in [3.8, 4) is 0 Å². The fourth-order valence-corrected chi connectivity index (χ4v) is 1.70. The zero-order valence-corrected chi connectivity index (χ0v) is 6.20. The summed E-state index contributed by atoms with van der Waals surface area (Å²) in [5.74, 6) is 2.02. The minimum absolute atomic E-state index is 0.476. The molecule has 0 aromatic carbocycles. The molecule has 48 valence electrons. The third kappa shape index (κ3) is 1.67. The summed E-state index contributed by atoms with van der Waals surface area (Å²) in [7, 11) is 0. The lowest BCUT2D eigenvalue weighted by Crippen LogP contribution is -2.16. The van der Waals surface area contributed by atoms with Crippen molar-refractivity contribution in [2.45, 2.75) is 26.4 Å². The highest BCUT2D eigenvalue weighted by atomic mass is 32.2. The maximum Gasteiger partial charge on any atom is 0.0697 e. The Morgan fingerprint density at radius 1 is 1.50 bits per heavy atom. The zero-order chi connectivity index (χ0) is 5.98. The average molecular weight is 132 g/mol. The first-order chi connectivity index (χ1) is 3.79. The summed E-state index contributed by atoms with van der Waals surface area (Å²) >= 11 is 1.61.